The average molecular weight is 272 g/mol. The highest BCUT2D eigenvalue weighted by molar-refractivity contribution is 5.42. The number of aliphatic hydroxyl groups excluding tert-OH is 1. The van der Waals surface area contributed by atoms with Crippen LogP contribution in [0.15, 0.2) is 42.5 Å². The summed E-state index contributed by atoms with van der Waals surface area (Å²) < 4.78 is 10.9. The van der Waals surface area contributed by atoms with Gasteiger partial charge in [-0.2, -0.15) is 0 Å². The third-order valence-corrected chi connectivity index (χ3v) is 3.18. The molecule has 0 saturated carbocycles. The van der Waals surface area contributed by atoms with E-state index >= 15 is 0 Å². The molecule has 0 heterocycles. The van der Waals surface area contributed by atoms with E-state index in [0.717, 1.165) is 11.1 Å². The molecule has 0 spiro atoms. The van der Waals surface area contributed by atoms with E-state index in [1.165, 1.54) is 5.56 Å². The maximum absolute atomic E-state index is 10.1. The lowest BCUT2D eigenvalue weighted by atomic mass is 10.1. The Hall–Kier alpha value is -2.00. The SMILES string of the molecule is COc1cc(C)ccc1OCC(O)c1ccc(C)cc1. The lowest BCUT2D eigenvalue weighted by Gasteiger charge is -2.15. The number of methoxy groups -OCH3 is 1. The van der Waals surface area contributed by atoms with Gasteiger partial charge >= 0.3 is 0 Å². The molecule has 0 radical (unpaired) electrons. The summed E-state index contributed by atoms with van der Waals surface area (Å²) in [5.74, 6) is 1.32. The van der Waals surface area contributed by atoms with Gasteiger partial charge in [-0.15, -0.1) is 0 Å². The second kappa shape index (κ2) is 6.44. The van der Waals surface area contributed by atoms with Crippen LogP contribution in [0.1, 0.15) is 22.8 Å². The van der Waals surface area contributed by atoms with Crippen molar-refractivity contribution >= 4 is 0 Å². The van der Waals surface area contributed by atoms with Crippen molar-refractivity contribution < 1.29 is 14.6 Å². The van der Waals surface area contributed by atoms with E-state index in [1.54, 1.807) is 7.11 Å². The number of benzene rings is 2. The normalized spacial score (nSPS) is 12.0. The maximum atomic E-state index is 10.1. The molecule has 0 aromatic heterocycles. The van der Waals surface area contributed by atoms with E-state index < -0.39 is 6.10 Å². The summed E-state index contributed by atoms with van der Waals surface area (Å²) in [5, 5.41) is 10.1. The monoisotopic (exact) mass is 272 g/mol. The average Bonchev–Trinajstić information content (AvgIpc) is 2.46. The topological polar surface area (TPSA) is 38.7 Å². The molecule has 2 aromatic carbocycles. The van der Waals surface area contributed by atoms with Gasteiger partial charge in [-0.1, -0.05) is 35.9 Å². The standard InChI is InChI=1S/C17H20O3/c1-12-4-7-14(8-5-12)15(18)11-20-16-9-6-13(2)10-17(16)19-3/h4-10,15,18H,11H2,1-3H3. The minimum Gasteiger partial charge on any atom is -0.493 e. The predicted octanol–water partition coefficient (Wildman–Crippen LogP) is 3.42. The molecule has 0 aliphatic rings. The van der Waals surface area contributed by atoms with Crippen LogP contribution in [0.2, 0.25) is 0 Å². The number of aryl methyl sites for hydroxylation is 2. The third-order valence-electron chi connectivity index (χ3n) is 3.18. The van der Waals surface area contributed by atoms with Gasteiger partial charge in [-0.05, 0) is 37.1 Å². The number of ether oxygens (including phenoxy) is 2. The molecule has 106 valence electrons. The van der Waals surface area contributed by atoms with Gasteiger partial charge in [0.15, 0.2) is 11.5 Å². The van der Waals surface area contributed by atoms with Crippen molar-refractivity contribution in [2.24, 2.45) is 0 Å². The fourth-order valence-corrected chi connectivity index (χ4v) is 1.95. The van der Waals surface area contributed by atoms with Crippen molar-refractivity contribution in [3.05, 3.63) is 59.2 Å². The largest absolute Gasteiger partial charge is 0.493 e. The summed E-state index contributed by atoms with van der Waals surface area (Å²) in [7, 11) is 1.61. The molecule has 20 heavy (non-hydrogen) atoms. The predicted molar refractivity (Wildman–Crippen MR) is 79.4 cm³/mol. The fourth-order valence-electron chi connectivity index (χ4n) is 1.95. The lowest BCUT2D eigenvalue weighted by molar-refractivity contribution is 0.106. The second-order valence-electron chi connectivity index (χ2n) is 4.89. The zero-order valence-corrected chi connectivity index (χ0v) is 12.1. The molecule has 1 atom stereocenters. The Morgan fingerprint density at radius 2 is 1.60 bits per heavy atom. The van der Waals surface area contributed by atoms with Gasteiger partial charge in [0.25, 0.3) is 0 Å². The van der Waals surface area contributed by atoms with Crippen LogP contribution >= 0.6 is 0 Å². The Kier molecular flexibility index (Phi) is 4.64. The molecule has 1 N–H and O–H groups in total. The summed E-state index contributed by atoms with van der Waals surface area (Å²) in [4.78, 5) is 0. The van der Waals surface area contributed by atoms with Crippen molar-refractivity contribution in [1.82, 2.24) is 0 Å². The van der Waals surface area contributed by atoms with Gasteiger partial charge in [-0.3, -0.25) is 0 Å². The number of aliphatic hydroxyl groups is 1. The highest BCUT2D eigenvalue weighted by Gasteiger charge is 2.10. The van der Waals surface area contributed by atoms with Crippen molar-refractivity contribution in [2.45, 2.75) is 20.0 Å². The number of hydrogen-bond donors (Lipinski definition) is 1. The van der Waals surface area contributed by atoms with Gasteiger partial charge in [0.2, 0.25) is 0 Å². The van der Waals surface area contributed by atoms with Crippen LogP contribution in [0.25, 0.3) is 0 Å². The third kappa shape index (κ3) is 3.52. The first-order valence-electron chi connectivity index (χ1n) is 6.62. The van der Waals surface area contributed by atoms with E-state index in [2.05, 4.69) is 0 Å². The van der Waals surface area contributed by atoms with Crippen LogP contribution < -0.4 is 9.47 Å². The van der Waals surface area contributed by atoms with Crippen molar-refractivity contribution in [3.63, 3.8) is 0 Å². The van der Waals surface area contributed by atoms with Crippen LogP contribution in [-0.2, 0) is 0 Å². The molecule has 0 amide bonds. The van der Waals surface area contributed by atoms with Gasteiger partial charge in [0, 0.05) is 0 Å². The number of rotatable bonds is 5. The first kappa shape index (κ1) is 14.4. The molecule has 3 nitrogen and oxygen atoms in total. The van der Waals surface area contributed by atoms with Gasteiger partial charge < -0.3 is 14.6 Å². The van der Waals surface area contributed by atoms with Crippen molar-refractivity contribution in [1.29, 1.82) is 0 Å². The first-order valence-corrected chi connectivity index (χ1v) is 6.62. The molecule has 0 saturated heterocycles. The molecule has 0 aliphatic carbocycles. The Bertz CT molecular complexity index is 561. The van der Waals surface area contributed by atoms with Crippen LogP contribution in [0, 0.1) is 13.8 Å². The summed E-state index contributed by atoms with van der Waals surface area (Å²) in [5.41, 5.74) is 3.12. The highest BCUT2D eigenvalue weighted by atomic mass is 16.5. The zero-order valence-electron chi connectivity index (χ0n) is 12.1. The molecule has 2 aromatic rings. The molecule has 3 heteroatoms. The molecule has 0 fully saturated rings. The van der Waals surface area contributed by atoms with E-state index in [-0.39, 0.29) is 6.61 Å². The Morgan fingerprint density at radius 1 is 0.950 bits per heavy atom. The number of hydrogen-bond acceptors (Lipinski definition) is 3. The van der Waals surface area contributed by atoms with Crippen LogP contribution in [0.4, 0.5) is 0 Å². The van der Waals surface area contributed by atoms with E-state index in [4.69, 9.17) is 9.47 Å². The smallest absolute Gasteiger partial charge is 0.161 e. The molecule has 2 rings (SSSR count). The Morgan fingerprint density at radius 3 is 2.25 bits per heavy atom. The van der Waals surface area contributed by atoms with E-state index in [9.17, 15) is 5.11 Å². The quantitative estimate of drug-likeness (QED) is 0.906. The maximum Gasteiger partial charge on any atom is 0.161 e. The van der Waals surface area contributed by atoms with Crippen LogP contribution in [-0.4, -0.2) is 18.8 Å². The molecular formula is C17H20O3. The summed E-state index contributed by atoms with van der Waals surface area (Å²) in [6, 6.07) is 13.5. The Labute approximate surface area is 119 Å². The molecule has 1 unspecified atom stereocenters. The summed E-state index contributed by atoms with van der Waals surface area (Å²) in [6.45, 7) is 4.21. The minimum atomic E-state index is -0.651. The van der Waals surface area contributed by atoms with Gasteiger partial charge in [0.05, 0.1) is 7.11 Å². The van der Waals surface area contributed by atoms with E-state index in [0.29, 0.717) is 11.5 Å². The molecular weight excluding hydrogens is 252 g/mol. The fraction of sp³-hybridized carbons (Fsp3) is 0.294. The molecule has 0 bridgehead atoms. The van der Waals surface area contributed by atoms with Crippen molar-refractivity contribution in [2.75, 3.05) is 13.7 Å². The van der Waals surface area contributed by atoms with Gasteiger partial charge in [-0.25, -0.2) is 0 Å². The lowest BCUT2D eigenvalue weighted by Crippen LogP contribution is -2.10. The van der Waals surface area contributed by atoms with Crippen LogP contribution in [0.5, 0.6) is 11.5 Å². The second-order valence-corrected chi connectivity index (χ2v) is 4.89. The summed E-state index contributed by atoms with van der Waals surface area (Å²) in [6.07, 6.45) is -0.651. The summed E-state index contributed by atoms with van der Waals surface area (Å²) >= 11 is 0. The van der Waals surface area contributed by atoms with Gasteiger partial charge in [0.1, 0.15) is 12.7 Å². The highest BCUT2D eigenvalue weighted by Crippen LogP contribution is 2.28. The zero-order chi connectivity index (χ0) is 14.5. The minimum absolute atomic E-state index is 0.197. The first-order chi connectivity index (χ1) is 9.60. The molecule has 0 aliphatic heterocycles. The van der Waals surface area contributed by atoms with Crippen LogP contribution in [0.3, 0.4) is 0 Å². The van der Waals surface area contributed by atoms with E-state index in [1.807, 2.05) is 56.3 Å². The van der Waals surface area contributed by atoms with Crippen molar-refractivity contribution in [3.8, 4) is 11.5 Å². The Balaban J connectivity index is 2.03.